The summed E-state index contributed by atoms with van der Waals surface area (Å²) in [6.07, 6.45) is 0. The van der Waals surface area contributed by atoms with E-state index in [1.807, 2.05) is 0 Å². The smallest absolute Gasteiger partial charge is 0.269 e. The van der Waals surface area contributed by atoms with Gasteiger partial charge in [-0.1, -0.05) is 11.6 Å². The second-order valence-corrected chi connectivity index (χ2v) is 9.08. The van der Waals surface area contributed by atoms with Gasteiger partial charge in [0.05, 0.1) is 23.0 Å². The van der Waals surface area contributed by atoms with Crippen LogP contribution in [-0.4, -0.2) is 61.8 Å². The molecule has 3 rings (SSSR count). The highest BCUT2D eigenvalue weighted by Gasteiger charge is 2.26. The van der Waals surface area contributed by atoms with E-state index in [0.29, 0.717) is 29.4 Å². The molecular weight excluding hydrogens is 434 g/mol. The molecule has 1 heterocycles. The highest BCUT2D eigenvalue weighted by molar-refractivity contribution is 7.89. The van der Waals surface area contributed by atoms with Crippen LogP contribution in [-0.2, 0) is 21.3 Å². The number of carbonyl (C=O) groups is 1. The van der Waals surface area contributed by atoms with Crippen LogP contribution in [0.5, 0.6) is 0 Å². The molecular formula is C19H20ClN3O6S. The van der Waals surface area contributed by atoms with Gasteiger partial charge in [-0.05, 0) is 35.9 Å². The van der Waals surface area contributed by atoms with Gasteiger partial charge in [0.2, 0.25) is 10.0 Å². The summed E-state index contributed by atoms with van der Waals surface area (Å²) in [5.41, 5.74) is 0.612. The Bertz CT molecular complexity index is 1050. The number of nitrogens with zero attached hydrogens (tertiary/aromatic N) is 3. The van der Waals surface area contributed by atoms with Crippen molar-refractivity contribution in [1.82, 2.24) is 9.21 Å². The molecule has 9 nitrogen and oxygen atoms in total. The topological polar surface area (TPSA) is 110 Å². The van der Waals surface area contributed by atoms with E-state index < -0.39 is 14.9 Å². The Morgan fingerprint density at radius 3 is 2.43 bits per heavy atom. The number of morpholine rings is 1. The van der Waals surface area contributed by atoms with Crippen LogP contribution in [0.3, 0.4) is 0 Å². The van der Waals surface area contributed by atoms with Crippen LogP contribution in [0.4, 0.5) is 5.69 Å². The molecule has 0 unspecified atom stereocenters. The van der Waals surface area contributed by atoms with Gasteiger partial charge in [-0.3, -0.25) is 14.9 Å². The second-order valence-electron chi connectivity index (χ2n) is 6.73. The minimum atomic E-state index is -3.64. The van der Waals surface area contributed by atoms with Gasteiger partial charge in [-0.15, -0.1) is 0 Å². The molecule has 0 N–H and O–H groups in total. The standard InChI is InChI=1S/C19H20ClN3O6S/c1-21(13-15-12-16(23(25)26)4-7-18(15)20)19(24)14-2-5-17(6-3-14)30(27,28)22-8-10-29-11-9-22/h2-7,12H,8-11,13H2,1H3. The summed E-state index contributed by atoms with van der Waals surface area (Å²) in [7, 11) is -2.11. The molecule has 0 aromatic heterocycles. The maximum atomic E-state index is 12.7. The number of benzene rings is 2. The first kappa shape index (κ1) is 22.2. The summed E-state index contributed by atoms with van der Waals surface area (Å²) in [5, 5.41) is 11.3. The van der Waals surface area contributed by atoms with Crippen LogP contribution in [0.2, 0.25) is 5.02 Å². The fourth-order valence-electron chi connectivity index (χ4n) is 3.05. The van der Waals surface area contributed by atoms with Crippen molar-refractivity contribution in [3.63, 3.8) is 0 Å². The normalized spacial score (nSPS) is 15.0. The van der Waals surface area contributed by atoms with E-state index in [-0.39, 0.29) is 36.1 Å². The average Bonchev–Trinajstić information content (AvgIpc) is 2.75. The quantitative estimate of drug-likeness (QED) is 0.491. The zero-order valence-corrected chi connectivity index (χ0v) is 17.7. The molecule has 1 saturated heterocycles. The molecule has 0 radical (unpaired) electrons. The number of nitro benzene ring substituents is 1. The van der Waals surface area contributed by atoms with Gasteiger partial charge in [0.25, 0.3) is 11.6 Å². The van der Waals surface area contributed by atoms with Crippen molar-refractivity contribution >= 4 is 33.2 Å². The van der Waals surface area contributed by atoms with Crippen LogP contribution in [0.1, 0.15) is 15.9 Å². The fraction of sp³-hybridized carbons (Fsp3) is 0.316. The van der Waals surface area contributed by atoms with Crippen molar-refractivity contribution in [2.45, 2.75) is 11.4 Å². The molecule has 2 aromatic rings. The van der Waals surface area contributed by atoms with Gasteiger partial charge in [0, 0.05) is 49.4 Å². The number of hydrogen-bond acceptors (Lipinski definition) is 6. The highest BCUT2D eigenvalue weighted by Crippen LogP contribution is 2.24. The molecule has 160 valence electrons. The third kappa shape index (κ3) is 4.78. The predicted octanol–water partition coefficient (Wildman–Crippen LogP) is 2.54. The van der Waals surface area contributed by atoms with E-state index in [1.165, 1.54) is 58.7 Å². The van der Waals surface area contributed by atoms with E-state index in [2.05, 4.69) is 0 Å². The van der Waals surface area contributed by atoms with Crippen molar-refractivity contribution in [1.29, 1.82) is 0 Å². The summed E-state index contributed by atoms with van der Waals surface area (Å²) < 4.78 is 31.9. The Balaban J connectivity index is 1.74. The highest BCUT2D eigenvalue weighted by atomic mass is 35.5. The maximum absolute atomic E-state index is 12.7. The number of amides is 1. The molecule has 1 aliphatic heterocycles. The first-order valence-electron chi connectivity index (χ1n) is 9.06. The number of non-ortho nitro benzene ring substituents is 1. The van der Waals surface area contributed by atoms with Gasteiger partial charge < -0.3 is 9.64 Å². The largest absolute Gasteiger partial charge is 0.379 e. The van der Waals surface area contributed by atoms with Gasteiger partial charge >= 0.3 is 0 Å². The first-order valence-corrected chi connectivity index (χ1v) is 10.9. The van der Waals surface area contributed by atoms with Crippen LogP contribution in [0, 0.1) is 10.1 Å². The Kier molecular flexibility index (Phi) is 6.71. The van der Waals surface area contributed by atoms with Gasteiger partial charge in [-0.25, -0.2) is 8.42 Å². The lowest BCUT2D eigenvalue weighted by atomic mass is 10.1. The Labute approximate surface area is 179 Å². The van der Waals surface area contributed by atoms with Crippen molar-refractivity contribution in [2.24, 2.45) is 0 Å². The summed E-state index contributed by atoms with van der Waals surface area (Å²) in [6, 6.07) is 9.71. The van der Waals surface area contributed by atoms with E-state index in [4.69, 9.17) is 16.3 Å². The Morgan fingerprint density at radius 2 is 1.83 bits per heavy atom. The zero-order valence-electron chi connectivity index (χ0n) is 16.2. The maximum Gasteiger partial charge on any atom is 0.269 e. The molecule has 0 aliphatic carbocycles. The van der Waals surface area contributed by atoms with Crippen molar-refractivity contribution < 1.29 is 22.9 Å². The number of halogens is 1. The zero-order chi connectivity index (χ0) is 21.9. The molecule has 2 aromatic carbocycles. The monoisotopic (exact) mass is 453 g/mol. The molecule has 0 saturated carbocycles. The summed E-state index contributed by atoms with van der Waals surface area (Å²) in [4.78, 5) is 24.6. The molecule has 1 amide bonds. The molecule has 0 spiro atoms. The third-order valence-electron chi connectivity index (χ3n) is 4.70. The predicted molar refractivity (Wildman–Crippen MR) is 110 cm³/mol. The Morgan fingerprint density at radius 1 is 1.20 bits per heavy atom. The van der Waals surface area contributed by atoms with Gasteiger partial charge in [-0.2, -0.15) is 4.31 Å². The third-order valence-corrected chi connectivity index (χ3v) is 6.99. The van der Waals surface area contributed by atoms with Crippen LogP contribution < -0.4 is 0 Å². The fourth-order valence-corrected chi connectivity index (χ4v) is 4.63. The summed E-state index contributed by atoms with van der Waals surface area (Å²) >= 11 is 6.10. The number of ether oxygens (including phenoxy) is 1. The molecule has 30 heavy (non-hydrogen) atoms. The van der Waals surface area contributed by atoms with Gasteiger partial charge in [0.15, 0.2) is 0 Å². The summed E-state index contributed by atoms with van der Waals surface area (Å²) in [6.45, 7) is 1.33. The Hall–Kier alpha value is -2.53. The second kappa shape index (κ2) is 9.09. The van der Waals surface area contributed by atoms with Crippen molar-refractivity contribution in [3.05, 3.63) is 68.7 Å². The minimum absolute atomic E-state index is 0.0627. The number of nitro groups is 1. The van der Waals surface area contributed by atoms with Crippen LogP contribution >= 0.6 is 11.6 Å². The van der Waals surface area contributed by atoms with Crippen molar-refractivity contribution in [2.75, 3.05) is 33.4 Å². The SMILES string of the molecule is CN(Cc1cc([N+](=O)[O-])ccc1Cl)C(=O)c1ccc(S(=O)(=O)N2CCOCC2)cc1. The lowest BCUT2D eigenvalue weighted by Gasteiger charge is -2.26. The number of hydrogen-bond donors (Lipinski definition) is 0. The molecule has 0 atom stereocenters. The average molecular weight is 454 g/mol. The molecule has 0 bridgehead atoms. The minimum Gasteiger partial charge on any atom is -0.379 e. The van der Waals surface area contributed by atoms with E-state index in [1.54, 1.807) is 0 Å². The molecule has 1 aliphatic rings. The molecule has 1 fully saturated rings. The van der Waals surface area contributed by atoms with Gasteiger partial charge in [0.1, 0.15) is 0 Å². The summed E-state index contributed by atoms with van der Waals surface area (Å²) in [5.74, 6) is -0.368. The molecule has 11 heteroatoms. The van der Waals surface area contributed by atoms with Crippen molar-refractivity contribution in [3.8, 4) is 0 Å². The van der Waals surface area contributed by atoms with E-state index in [0.717, 1.165) is 0 Å². The van der Waals surface area contributed by atoms with Crippen LogP contribution in [0.15, 0.2) is 47.4 Å². The van der Waals surface area contributed by atoms with E-state index >= 15 is 0 Å². The number of carbonyl (C=O) groups excluding carboxylic acids is 1. The number of sulfonamides is 1. The number of rotatable bonds is 6. The van der Waals surface area contributed by atoms with E-state index in [9.17, 15) is 23.3 Å². The first-order chi connectivity index (χ1) is 14.2. The lowest BCUT2D eigenvalue weighted by molar-refractivity contribution is -0.384. The lowest BCUT2D eigenvalue weighted by Crippen LogP contribution is -2.40. The van der Waals surface area contributed by atoms with Crippen LogP contribution in [0.25, 0.3) is 0 Å².